The summed E-state index contributed by atoms with van der Waals surface area (Å²) in [5.74, 6) is -0.182. The molecule has 0 saturated carbocycles. The zero-order chi connectivity index (χ0) is 10.3. The molecule has 0 fully saturated rings. The number of fused-ring (bicyclic) bond motifs is 1. The fourth-order valence-corrected chi connectivity index (χ4v) is 2.16. The zero-order valence-corrected chi connectivity index (χ0v) is 8.52. The van der Waals surface area contributed by atoms with Gasteiger partial charge in [0, 0.05) is 22.8 Å². The van der Waals surface area contributed by atoms with Gasteiger partial charge in [-0.1, -0.05) is 0 Å². The minimum Gasteiger partial charge on any atom is -0.348 e. The Kier molecular flexibility index (Phi) is 2.01. The molecule has 74 valence electrons. The van der Waals surface area contributed by atoms with Crippen molar-refractivity contribution in [3.05, 3.63) is 29.3 Å². The molecule has 1 aromatic carbocycles. The van der Waals surface area contributed by atoms with E-state index >= 15 is 0 Å². The van der Waals surface area contributed by atoms with Crippen LogP contribution in [-0.4, -0.2) is 14.3 Å². The van der Waals surface area contributed by atoms with Crippen LogP contribution in [0.25, 0.3) is 0 Å². The monoisotopic (exact) mass is 231 g/mol. The Labute approximate surface area is 85.3 Å². The van der Waals surface area contributed by atoms with E-state index in [1.54, 1.807) is 0 Å². The first-order valence-electron chi connectivity index (χ1n) is 3.84. The number of carbonyl (C=O) groups is 1. The number of amides is 1. The third kappa shape index (κ3) is 1.49. The lowest BCUT2D eigenvalue weighted by Crippen LogP contribution is -2.12. The Bertz CT molecular complexity index is 509. The molecular weight excluding hydrogens is 226 g/mol. The Hall–Kier alpha value is -1.07. The van der Waals surface area contributed by atoms with E-state index in [0.717, 1.165) is 0 Å². The predicted molar refractivity (Wildman–Crippen MR) is 50.7 cm³/mol. The lowest BCUT2D eigenvalue weighted by atomic mass is 10.1. The van der Waals surface area contributed by atoms with E-state index in [1.165, 1.54) is 18.2 Å². The first-order valence-corrected chi connectivity index (χ1v) is 6.15. The summed E-state index contributed by atoms with van der Waals surface area (Å²) in [6.45, 7) is 0.356. The van der Waals surface area contributed by atoms with Gasteiger partial charge in [0.1, 0.15) is 0 Å². The zero-order valence-electron chi connectivity index (χ0n) is 6.95. The second-order valence-electron chi connectivity index (χ2n) is 2.94. The number of carbonyl (C=O) groups excluding carboxylic acids is 1. The van der Waals surface area contributed by atoms with E-state index in [9.17, 15) is 13.2 Å². The molecule has 0 bridgehead atoms. The van der Waals surface area contributed by atoms with Crippen LogP contribution in [0.4, 0.5) is 0 Å². The molecule has 1 aromatic rings. The molecule has 0 spiro atoms. The van der Waals surface area contributed by atoms with Crippen LogP contribution in [-0.2, 0) is 15.6 Å². The van der Waals surface area contributed by atoms with Crippen LogP contribution < -0.4 is 5.32 Å². The lowest BCUT2D eigenvalue weighted by molar-refractivity contribution is 0.0965. The van der Waals surface area contributed by atoms with Crippen LogP contribution in [0.1, 0.15) is 15.9 Å². The van der Waals surface area contributed by atoms with Crippen molar-refractivity contribution in [3.63, 3.8) is 0 Å². The fraction of sp³-hybridized carbons (Fsp3) is 0.125. The quantitative estimate of drug-likeness (QED) is 0.729. The summed E-state index contributed by atoms with van der Waals surface area (Å²) in [6, 6.07) is 4.20. The van der Waals surface area contributed by atoms with Gasteiger partial charge >= 0.3 is 0 Å². The van der Waals surface area contributed by atoms with Crippen molar-refractivity contribution in [2.75, 3.05) is 0 Å². The molecule has 0 aromatic heterocycles. The Balaban J connectivity index is 2.58. The van der Waals surface area contributed by atoms with Gasteiger partial charge in [-0.3, -0.25) is 4.79 Å². The van der Waals surface area contributed by atoms with Gasteiger partial charge in [-0.05, 0) is 23.8 Å². The standard InChI is InChI=1S/C8H6ClNO3S/c9-14(12,13)6-1-2-7-5(3-6)4-10-8(7)11/h1-3H,4H2,(H,10,11). The molecule has 0 saturated heterocycles. The third-order valence-corrected chi connectivity index (χ3v) is 3.39. The van der Waals surface area contributed by atoms with Crippen molar-refractivity contribution in [1.29, 1.82) is 0 Å². The summed E-state index contributed by atoms with van der Waals surface area (Å²) in [5, 5.41) is 2.59. The SMILES string of the molecule is O=C1NCc2cc(S(=O)(=O)Cl)ccc21. The van der Waals surface area contributed by atoms with E-state index in [4.69, 9.17) is 10.7 Å². The average Bonchev–Trinajstić information content (AvgIpc) is 2.46. The maximum atomic E-state index is 11.1. The van der Waals surface area contributed by atoms with Gasteiger partial charge in [-0.15, -0.1) is 0 Å². The van der Waals surface area contributed by atoms with Crippen LogP contribution >= 0.6 is 10.7 Å². The topological polar surface area (TPSA) is 63.2 Å². The van der Waals surface area contributed by atoms with E-state index in [0.29, 0.717) is 17.7 Å². The number of halogens is 1. The van der Waals surface area contributed by atoms with Crippen LogP contribution in [0.15, 0.2) is 23.1 Å². The minimum absolute atomic E-state index is 0.0226. The van der Waals surface area contributed by atoms with E-state index in [1.807, 2.05) is 0 Å². The predicted octanol–water partition coefficient (Wildman–Crippen LogP) is 0.858. The molecule has 4 nitrogen and oxygen atoms in total. The molecule has 2 rings (SSSR count). The summed E-state index contributed by atoms with van der Waals surface area (Å²) in [6.07, 6.45) is 0. The highest BCUT2D eigenvalue weighted by Gasteiger charge is 2.21. The number of rotatable bonds is 1. The summed E-state index contributed by atoms with van der Waals surface area (Å²) in [4.78, 5) is 11.2. The molecule has 1 N–H and O–H groups in total. The normalized spacial score (nSPS) is 15.1. The number of hydrogen-bond donors (Lipinski definition) is 1. The number of benzene rings is 1. The first-order chi connectivity index (χ1) is 6.48. The molecule has 14 heavy (non-hydrogen) atoms. The summed E-state index contributed by atoms with van der Waals surface area (Å²) >= 11 is 0. The van der Waals surface area contributed by atoms with Gasteiger partial charge < -0.3 is 5.32 Å². The van der Waals surface area contributed by atoms with Crippen molar-refractivity contribution < 1.29 is 13.2 Å². The molecule has 0 aliphatic carbocycles. The molecular formula is C8H6ClNO3S. The Morgan fingerprint density at radius 1 is 1.36 bits per heavy atom. The summed E-state index contributed by atoms with van der Waals surface area (Å²) in [5.41, 5.74) is 1.17. The van der Waals surface area contributed by atoms with E-state index in [2.05, 4.69) is 5.32 Å². The summed E-state index contributed by atoms with van der Waals surface area (Å²) in [7, 11) is 1.45. The molecule has 0 unspecified atom stereocenters. The van der Waals surface area contributed by atoms with Gasteiger partial charge in [0.15, 0.2) is 0 Å². The van der Waals surface area contributed by atoms with E-state index in [-0.39, 0.29) is 10.8 Å². The van der Waals surface area contributed by atoms with Crippen LogP contribution in [0.5, 0.6) is 0 Å². The van der Waals surface area contributed by atoms with Crippen molar-refractivity contribution in [2.24, 2.45) is 0 Å². The molecule has 1 aliphatic heterocycles. The third-order valence-electron chi connectivity index (χ3n) is 2.04. The molecule has 1 heterocycles. The first kappa shape index (κ1) is 9.48. The molecule has 0 radical (unpaired) electrons. The van der Waals surface area contributed by atoms with Gasteiger partial charge in [-0.25, -0.2) is 8.42 Å². The fourth-order valence-electron chi connectivity index (χ4n) is 1.36. The largest absolute Gasteiger partial charge is 0.348 e. The highest BCUT2D eigenvalue weighted by Crippen LogP contribution is 2.22. The van der Waals surface area contributed by atoms with Crippen molar-refractivity contribution in [3.8, 4) is 0 Å². The van der Waals surface area contributed by atoms with Gasteiger partial charge in [0.2, 0.25) is 0 Å². The van der Waals surface area contributed by atoms with Crippen LogP contribution in [0, 0.1) is 0 Å². The second-order valence-corrected chi connectivity index (χ2v) is 5.51. The molecule has 0 atom stereocenters. The second kappa shape index (κ2) is 2.96. The van der Waals surface area contributed by atoms with Crippen LogP contribution in [0.2, 0.25) is 0 Å². The van der Waals surface area contributed by atoms with E-state index < -0.39 is 9.05 Å². The highest BCUT2D eigenvalue weighted by molar-refractivity contribution is 8.13. The smallest absolute Gasteiger partial charge is 0.261 e. The molecule has 6 heteroatoms. The maximum Gasteiger partial charge on any atom is 0.261 e. The average molecular weight is 232 g/mol. The van der Waals surface area contributed by atoms with Crippen LogP contribution in [0.3, 0.4) is 0 Å². The lowest BCUT2D eigenvalue weighted by Gasteiger charge is -1.98. The van der Waals surface area contributed by atoms with Gasteiger partial charge in [-0.2, -0.15) is 0 Å². The Morgan fingerprint density at radius 2 is 2.07 bits per heavy atom. The van der Waals surface area contributed by atoms with Gasteiger partial charge in [0.25, 0.3) is 15.0 Å². The summed E-state index contributed by atoms with van der Waals surface area (Å²) < 4.78 is 21.9. The molecule has 1 amide bonds. The highest BCUT2D eigenvalue weighted by atomic mass is 35.7. The van der Waals surface area contributed by atoms with Crippen molar-refractivity contribution in [2.45, 2.75) is 11.4 Å². The minimum atomic E-state index is -3.71. The molecule has 1 aliphatic rings. The van der Waals surface area contributed by atoms with Crippen molar-refractivity contribution in [1.82, 2.24) is 5.32 Å². The van der Waals surface area contributed by atoms with Gasteiger partial charge in [0.05, 0.1) is 4.90 Å². The Morgan fingerprint density at radius 3 is 2.71 bits per heavy atom. The maximum absolute atomic E-state index is 11.1. The number of hydrogen-bond acceptors (Lipinski definition) is 3. The van der Waals surface area contributed by atoms with Crippen molar-refractivity contribution >= 4 is 25.6 Å². The number of nitrogens with one attached hydrogen (secondary N) is 1.